The molecule has 6 heteroatoms. The van der Waals surface area contributed by atoms with Crippen LogP contribution in [-0.2, 0) is 16.0 Å². The van der Waals surface area contributed by atoms with Crippen LogP contribution in [0.25, 0.3) is 0 Å². The molecule has 3 rings (SSSR count). The first-order valence-electron chi connectivity index (χ1n) is 9.15. The first-order valence-corrected chi connectivity index (χ1v) is 9.15. The van der Waals surface area contributed by atoms with Crippen LogP contribution in [0, 0.1) is 5.82 Å². The Hall–Kier alpha value is -1.95. The zero-order chi connectivity index (χ0) is 17.6. The van der Waals surface area contributed by atoms with E-state index < -0.39 is 0 Å². The molecular weight excluding hydrogens is 321 g/mol. The second-order valence-corrected chi connectivity index (χ2v) is 6.84. The van der Waals surface area contributed by atoms with Gasteiger partial charge < -0.3 is 9.80 Å². The van der Waals surface area contributed by atoms with Gasteiger partial charge in [0.25, 0.3) is 0 Å². The number of carbonyl (C=O) groups excluding carboxylic acids is 2. The van der Waals surface area contributed by atoms with Gasteiger partial charge in [0.2, 0.25) is 11.8 Å². The number of nitrogens with zero attached hydrogens (tertiary/aromatic N) is 3. The van der Waals surface area contributed by atoms with Crippen molar-refractivity contribution in [1.29, 1.82) is 0 Å². The van der Waals surface area contributed by atoms with Crippen molar-refractivity contribution in [3.63, 3.8) is 0 Å². The largest absolute Gasteiger partial charge is 0.342 e. The molecule has 2 saturated heterocycles. The highest BCUT2D eigenvalue weighted by atomic mass is 19.1. The van der Waals surface area contributed by atoms with Crippen LogP contribution in [0.5, 0.6) is 0 Å². The molecule has 0 atom stereocenters. The number of rotatable bonds is 5. The number of halogens is 1. The quantitative estimate of drug-likeness (QED) is 0.811. The van der Waals surface area contributed by atoms with E-state index in [4.69, 9.17) is 0 Å². The van der Waals surface area contributed by atoms with Gasteiger partial charge in [-0.25, -0.2) is 4.39 Å². The molecule has 0 aromatic heterocycles. The highest BCUT2D eigenvalue weighted by Gasteiger charge is 2.25. The number of hydrogen-bond donors (Lipinski definition) is 0. The highest BCUT2D eigenvalue weighted by molar-refractivity contribution is 5.79. The minimum absolute atomic E-state index is 0.0637. The SMILES string of the molecule is O=C(CCc1ccccc1F)N1CCN(CC(=O)N2CCCC2)CC1. The number of likely N-dealkylation sites (tertiary alicyclic amines) is 1. The minimum atomic E-state index is -0.249. The molecule has 2 heterocycles. The molecule has 2 aliphatic rings. The Morgan fingerprint density at radius 1 is 0.880 bits per heavy atom. The molecule has 0 saturated carbocycles. The number of amides is 2. The molecule has 0 radical (unpaired) electrons. The molecule has 0 spiro atoms. The number of aryl methyl sites for hydroxylation is 1. The van der Waals surface area contributed by atoms with Gasteiger partial charge in [-0.15, -0.1) is 0 Å². The van der Waals surface area contributed by atoms with Crippen LogP contribution in [0.1, 0.15) is 24.8 Å². The number of carbonyl (C=O) groups is 2. The van der Waals surface area contributed by atoms with Crippen molar-refractivity contribution >= 4 is 11.8 Å². The number of hydrogen-bond acceptors (Lipinski definition) is 3. The third kappa shape index (κ3) is 4.78. The van der Waals surface area contributed by atoms with Gasteiger partial charge in [-0.2, -0.15) is 0 Å². The number of piperazine rings is 1. The third-order valence-electron chi connectivity index (χ3n) is 5.11. The highest BCUT2D eigenvalue weighted by Crippen LogP contribution is 2.12. The van der Waals surface area contributed by atoms with Gasteiger partial charge in [0.05, 0.1) is 6.54 Å². The monoisotopic (exact) mass is 347 g/mol. The predicted octanol–water partition coefficient (Wildman–Crippen LogP) is 1.52. The maximum absolute atomic E-state index is 13.6. The maximum atomic E-state index is 13.6. The molecule has 5 nitrogen and oxygen atoms in total. The van der Waals surface area contributed by atoms with E-state index in [0.29, 0.717) is 38.0 Å². The Morgan fingerprint density at radius 3 is 2.20 bits per heavy atom. The van der Waals surface area contributed by atoms with Crippen LogP contribution in [0.15, 0.2) is 24.3 Å². The van der Waals surface area contributed by atoms with Crippen molar-refractivity contribution in [3.05, 3.63) is 35.6 Å². The Labute approximate surface area is 148 Å². The zero-order valence-corrected chi connectivity index (χ0v) is 14.6. The van der Waals surface area contributed by atoms with Crippen molar-refractivity contribution in [2.45, 2.75) is 25.7 Å². The molecule has 136 valence electrons. The van der Waals surface area contributed by atoms with E-state index in [1.807, 2.05) is 9.80 Å². The Morgan fingerprint density at radius 2 is 1.52 bits per heavy atom. The molecule has 0 unspecified atom stereocenters. The van der Waals surface area contributed by atoms with E-state index in [1.165, 1.54) is 6.07 Å². The molecule has 0 aliphatic carbocycles. The summed E-state index contributed by atoms with van der Waals surface area (Å²) in [5.41, 5.74) is 0.589. The summed E-state index contributed by atoms with van der Waals surface area (Å²) in [6.45, 7) is 4.96. The van der Waals surface area contributed by atoms with Gasteiger partial charge in [-0.3, -0.25) is 14.5 Å². The van der Waals surface area contributed by atoms with E-state index in [2.05, 4.69) is 4.90 Å². The summed E-state index contributed by atoms with van der Waals surface area (Å²) in [7, 11) is 0. The van der Waals surface area contributed by atoms with Crippen molar-refractivity contribution < 1.29 is 14.0 Å². The zero-order valence-electron chi connectivity index (χ0n) is 14.6. The first-order chi connectivity index (χ1) is 12.1. The second kappa shape index (κ2) is 8.43. The van der Waals surface area contributed by atoms with Gasteiger partial charge in [-0.05, 0) is 30.9 Å². The molecule has 0 N–H and O–H groups in total. The first kappa shape index (κ1) is 17.9. The van der Waals surface area contributed by atoms with Crippen molar-refractivity contribution in [3.8, 4) is 0 Å². The summed E-state index contributed by atoms with van der Waals surface area (Å²) >= 11 is 0. The summed E-state index contributed by atoms with van der Waals surface area (Å²) in [5.74, 6) is 0.0196. The molecule has 1 aromatic rings. The summed E-state index contributed by atoms with van der Waals surface area (Å²) < 4.78 is 13.6. The van der Waals surface area contributed by atoms with Crippen molar-refractivity contribution in [1.82, 2.24) is 14.7 Å². The summed E-state index contributed by atoms with van der Waals surface area (Å²) in [4.78, 5) is 30.4. The van der Waals surface area contributed by atoms with Gasteiger partial charge in [0.15, 0.2) is 0 Å². The van der Waals surface area contributed by atoms with Crippen LogP contribution < -0.4 is 0 Å². The average Bonchev–Trinajstić information content (AvgIpc) is 3.16. The van der Waals surface area contributed by atoms with Gasteiger partial charge in [0.1, 0.15) is 5.82 Å². The van der Waals surface area contributed by atoms with E-state index in [0.717, 1.165) is 39.0 Å². The summed E-state index contributed by atoms with van der Waals surface area (Å²) in [6, 6.07) is 6.60. The van der Waals surface area contributed by atoms with Crippen LogP contribution in [0.3, 0.4) is 0 Å². The Bertz CT molecular complexity index is 608. The van der Waals surface area contributed by atoms with E-state index in [1.54, 1.807) is 18.2 Å². The fourth-order valence-corrected chi connectivity index (χ4v) is 3.51. The number of benzene rings is 1. The van der Waals surface area contributed by atoms with Crippen molar-refractivity contribution in [2.75, 3.05) is 45.8 Å². The minimum Gasteiger partial charge on any atom is -0.342 e. The predicted molar refractivity (Wildman–Crippen MR) is 93.6 cm³/mol. The van der Waals surface area contributed by atoms with Crippen LogP contribution >= 0.6 is 0 Å². The summed E-state index contributed by atoms with van der Waals surface area (Å²) in [5, 5.41) is 0. The van der Waals surface area contributed by atoms with Gasteiger partial charge in [-0.1, -0.05) is 18.2 Å². The topological polar surface area (TPSA) is 43.9 Å². The van der Waals surface area contributed by atoms with E-state index in [9.17, 15) is 14.0 Å². The standard InChI is InChI=1S/C19H26FN3O2/c20-17-6-2-1-5-16(17)7-8-18(24)23-13-11-21(12-14-23)15-19(25)22-9-3-4-10-22/h1-2,5-6H,3-4,7-15H2. The molecule has 1 aromatic carbocycles. The smallest absolute Gasteiger partial charge is 0.236 e. The van der Waals surface area contributed by atoms with Gasteiger partial charge in [0, 0.05) is 45.7 Å². The molecule has 2 aliphatic heterocycles. The average molecular weight is 347 g/mol. The molecular formula is C19H26FN3O2. The lowest BCUT2D eigenvalue weighted by Gasteiger charge is -2.35. The normalized spacial score (nSPS) is 18.6. The maximum Gasteiger partial charge on any atom is 0.236 e. The van der Waals surface area contributed by atoms with Crippen LogP contribution in [0.2, 0.25) is 0 Å². The van der Waals surface area contributed by atoms with E-state index >= 15 is 0 Å². The van der Waals surface area contributed by atoms with Crippen LogP contribution in [0.4, 0.5) is 4.39 Å². The third-order valence-corrected chi connectivity index (χ3v) is 5.11. The second-order valence-electron chi connectivity index (χ2n) is 6.84. The Kier molecular flexibility index (Phi) is 6.02. The lowest BCUT2D eigenvalue weighted by atomic mass is 10.1. The fourth-order valence-electron chi connectivity index (χ4n) is 3.51. The molecule has 2 amide bonds. The van der Waals surface area contributed by atoms with Crippen LogP contribution in [-0.4, -0.2) is 72.3 Å². The molecule has 25 heavy (non-hydrogen) atoms. The van der Waals surface area contributed by atoms with Gasteiger partial charge >= 0.3 is 0 Å². The lowest BCUT2D eigenvalue weighted by Crippen LogP contribution is -2.51. The lowest BCUT2D eigenvalue weighted by molar-refractivity contribution is -0.134. The van der Waals surface area contributed by atoms with E-state index in [-0.39, 0.29) is 17.6 Å². The summed E-state index contributed by atoms with van der Waals surface area (Å²) in [6.07, 6.45) is 2.97. The molecule has 2 fully saturated rings. The van der Waals surface area contributed by atoms with Crippen molar-refractivity contribution in [2.24, 2.45) is 0 Å². The molecule has 0 bridgehead atoms. The Balaban J connectivity index is 1.40. The fraction of sp³-hybridized carbons (Fsp3) is 0.579.